The molecule has 29 heavy (non-hydrogen) atoms. The summed E-state index contributed by atoms with van der Waals surface area (Å²) in [7, 11) is -2.59. The fourth-order valence-electron chi connectivity index (χ4n) is 2.98. The number of rotatable bonds is 6. The quantitative estimate of drug-likeness (QED) is 0.590. The summed E-state index contributed by atoms with van der Waals surface area (Å²) >= 11 is 3.38. The van der Waals surface area contributed by atoms with Crippen LogP contribution in [0.3, 0.4) is 0 Å². The van der Waals surface area contributed by atoms with Crippen LogP contribution in [0.25, 0.3) is 5.69 Å². The van der Waals surface area contributed by atoms with Gasteiger partial charge in [0.2, 0.25) is 0 Å². The minimum absolute atomic E-state index is 0.152. The minimum atomic E-state index is -4.01. The lowest BCUT2D eigenvalue weighted by molar-refractivity contribution is 0.0978. The molecule has 1 heterocycles. The Labute approximate surface area is 178 Å². The number of benzene rings is 2. The third kappa shape index (κ3) is 4.75. The second-order valence-corrected chi connectivity index (χ2v) is 9.31. The van der Waals surface area contributed by atoms with Gasteiger partial charge < -0.3 is 0 Å². The monoisotopic (exact) mass is 476 g/mol. The molecule has 0 unspecified atom stereocenters. The zero-order valence-electron chi connectivity index (χ0n) is 16.3. The van der Waals surface area contributed by atoms with E-state index in [1.807, 2.05) is 54.6 Å². The predicted octanol–water partition coefficient (Wildman–Crippen LogP) is 3.36. The maximum atomic E-state index is 12.8. The molecule has 0 fully saturated rings. The van der Waals surface area contributed by atoms with Gasteiger partial charge in [0.1, 0.15) is 0 Å². The van der Waals surface area contributed by atoms with Crippen LogP contribution in [0.1, 0.15) is 27.3 Å². The van der Waals surface area contributed by atoms with Gasteiger partial charge in [0, 0.05) is 18.1 Å². The standard InChI is InChI=1S/C20H21BrN4O3S/c1-14-19(15(2)25(22-14)18-11-9-17(21)10-12-18)20(26)23-29(27,28)24(3)13-16-7-5-4-6-8-16/h4-12H,13H2,1-3H3,(H,23,26). The van der Waals surface area contributed by atoms with E-state index in [1.54, 1.807) is 18.5 Å². The largest absolute Gasteiger partial charge is 0.304 e. The highest BCUT2D eigenvalue weighted by molar-refractivity contribution is 9.10. The molecule has 0 radical (unpaired) electrons. The van der Waals surface area contributed by atoms with Gasteiger partial charge in [-0.05, 0) is 43.7 Å². The van der Waals surface area contributed by atoms with E-state index < -0.39 is 16.1 Å². The first-order chi connectivity index (χ1) is 13.7. The summed E-state index contributed by atoms with van der Waals surface area (Å²) in [6, 6.07) is 16.6. The van der Waals surface area contributed by atoms with Crippen molar-refractivity contribution in [2.24, 2.45) is 0 Å². The number of nitrogens with one attached hydrogen (secondary N) is 1. The molecule has 9 heteroatoms. The summed E-state index contributed by atoms with van der Waals surface area (Å²) in [6.07, 6.45) is 0. The Morgan fingerprint density at radius 1 is 1.10 bits per heavy atom. The Hall–Kier alpha value is -2.49. The average molecular weight is 477 g/mol. The molecule has 3 rings (SSSR count). The Bertz CT molecular complexity index is 1130. The Morgan fingerprint density at radius 3 is 2.34 bits per heavy atom. The van der Waals surface area contributed by atoms with E-state index in [2.05, 4.69) is 25.8 Å². The predicted molar refractivity (Wildman–Crippen MR) is 115 cm³/mol. The highest BCUT2D eigenvalue weighted by Gasteiger charge is 2.26. The van der Waals surface area contributed by atoms with E-state index in [1.165, 1.54) is 7.05 Å². The number of halogens is 1. The van der Waals surface area contributed by atoms with Crippen molar-refractivity contribution >= 4 is 32.0 Å². The number of carbonyl (C=O) groups excluding carboxylic acids is 1. The van der Waals surface area contributed by atoms with Crippen molar-refractivity contribution in [1.82, 2.24) is 18.8 Å². The van der Waals surface area contributed by atoms with Crippen LogP contribution < -0.4 is 4.72 Å². The van der Waals surface area contributed by atoms with Gasteiger partial charge in [-0.3, -0.25) is 4.79 Å². The lowest BCUT2D eigenvalue weighted by atomic mass is 10.2. The lowest BCUT2D eigenvalue weighted by Gasteiger charge is -2.17. The van der Waals surface area contributed by atoms with Crippen molar-refractivity contribution in [2.45, 2.75) is 20.4 Å². The lowest BCUT2D eigenvalue weighted by Crippen LogP contribution is -2.41. The van der Waals surface area contributed by atoms with Crippen molar-refractivity contribution in [1.29, 1.82) is 0 Å². The zero-order chi connectivity index (χ0) is 21.2. The minimum Gasteiger partial charge on any atom is -0.268 e. The van der Waals surface area contributed by atoms with Gasteiger partial charge in [-0.15, -0.1) is 0 Å². The molecule has 3 aromatic rings. The van der Waals surface area contributed by atoms with Crippen molar-refractivity contribution < 1.29 is 13.2 Å². The van der Waals surface area contributed by atoms with E-state index in [9.17, 15) is 13.2 Å². The molecule has 7 nitrogen and oxygen atoms in total. The Morgan fingerprint density at radius 2 is 1.72 bits per heavy atom. The molecular weight excluding hydrogens is 456 g/mol. The summed E-state index contributed by atoms with van der Waals surface area (Å²) in [6.45, 7) is 3.56. The van der Waals surface area contributed by atoms with Gasteiger partial charge in [0.15, 0.2) is 0 Å². The van der Waals surface area contributed by atoms with Crippen LogP contribution >= 0.6 is 15.9 Å². The molecule has 0 bridgehead atoms. The Kier molecular flexibility index (Phi) is 6.21. The van der Waals surface area contributed by atoms with Crippen molar-refractivity contribution in [3.05, 3.63) is 81.6 Å². The third-order valence-electron chi connectivity index (χ3n) is 4.47. The van der Waals surface area contributed by atoms with Crippen LogP contribution in [0, 0.1) is 13.8 Å². The van der Waals surface area contributed by atoms with Gasteiger partial charge in [-0.1, -0.05) is 46.3 Å². The first-order valence-electron chi connectivity index (χ1n) is 8.83. The van der Waals surface area contributed by atoms with E-state index in [-0.39, 0.29) is 12.1 Å². The molecule has 0 aliphatic carbocycles. The summed E-state index contributed by atoms with van der Waals surface area (Å²) in [4.78, 5) is 12.8. The molecule has 0 aliphatic rings. The van der Waals surface area contributed by atoms with E-state index >= 15 is 0 Å². The molecule has 0 saturated heterocycles. The Balaban J connectivity index is 1.82. The number of amides is 1. The third-order valence-corrected chi connectivity index (χ3v) is 6.39. The maximum Gasteiger partial charge on any atom is 0.304 e. The zero-order valence-corrected chi connectivity index (χ0v) is 18.7. The van der Waals surface area contributed by atoms with Gasteiger partial charge in [0.25, 0.3) is 5.91 Å². The van der Waals surface area contributed by atoms with E-state index in [4.69, 9.17) is 0 Å². The second-order valence-electron chi connectivity index (χ2n) is 6.61. The molecule has 152 valence electrons. The summed E-state index contributed by atoms with van der Waals surface area (Å²) in [5, 5.41) is 4.41. The van der Waals surface area contributed by atoms with Gasteiger partial charge in [0.05, 0.1) is 22.6 Å². The number of hydrogen-bond acceptors (Lipinski definition) is 4. The number of aromatic nitrogens is 2. The summed E-state index contributed by atoms with van der Waals surface area (Å²) < 4.78 is 31.0. The van der Waals surface area contributed by atoms with Gasteiger partial charge in [-0.2, -0.15) is 17.8 Å². The van der Waals surface area contributed by atoms with Crippen LogP contribution in [-0.4, -0.2) is 35.5 Å². The topological polar surface area (TPSA) is 84.3 Å². The first kappa shape index (κ1) is 21.2. The van der Waals surface area contributed by atoms with Crippen LogP contribution in [-0.2, 0) is 16.8 Å². The van der Waals surface area contributed by atoms with Gasteiger partial charge in [-0.25, -0.2) is 9.40 Å². The molecule has 1 amide bonds. The fraction of sp³-hybridized carbons (Fsp3) is 0.200. The SMILES string of the molecule is Cc1nn(-c2ccc(Br)cc2)c(C)c1C(=O)NS(=O)(=O)N(C)Cc1ccccc1. The number of hydrogen-bond donors (Lipinski definition) is 1. The smallest absolute Gasteiger partial charge is 0.268 e. The maximum absolute atomic E-state index is 12.8. The number of carbonyl (C=O) groups is 1. The van der Waals surface area contributed by atoms with Crippen molar-refractivity contribution in [3.63, 3.8) is 0 Å². The van der Waals surface area contributed by atoms with Crippen LogP contribution in [0.5, 0.6) is 0 Å². The van der Waals surface area contributed by atoms with E-state index in [0.29, 0.717) is 11.4 Å². The van der Waals surface area contributed by atoms with Gasteiger partial charge >= 0.3 is 10.2 Å². The number of aryl methyl sites for hydroxylation is 1. The molecule has 2 aromatic carbocycles. The highest BCUT2D eigenvalue weighted by Crippen LogP contribution is 2.20. The normalized spacial score (nSPS) is 11.6. The van der Waals surface area contributed by atoms with Crippen molar-refractivity contribution in [3.8, 4) is 5.69 Å². The summed E-state index contributed by atoms with van der Waals surface area (Å²) in [5.74, 6) is -0.705. The van der Waals surface area contributed by atoms with Crippen molar-refractivity contribution in [2.75, 3.05) is 7.05 Å². The van der Waals surface area contributed by atoms with Crippen LogP contribution in [0.4, 0.5) is 0 Å². The van der Waals surface area contributed by atoms with Crippen LogP contribution in [0.15, 0.2) is 59.1 Å². The highest BCUT2D eigenvalue weighted by atomic mass is 79.9. The fourth-order valence-corrected chi connectivity index (χ4v) is 4.05. The second kappa shape index (κ2) is 8.48. The molecule has 0 spiro atoms. The first-order valence-corrected chi connectivity index (χ1v) is 11.1. The number of nitrogens with zero attached hydrogens (tertiary/aromatic N) is 3. The average Bonchev–Trinajstić information content (AvgIpc) is 2.97. The summed E-state index contributed by atoms with van der Waals surface area (Å²) in [5.41, 5.74) is 2.84. The molecule has 1 aromatic heterocycles. The molecule has 0 atom stereocenters. The van der Waals surface area contributed by atoms with E-state index in [0.717, 1.165) is 20.0 Å². The molecule has 0 saturated carbocycles. The molecule has 0 aliphatic heterocycles. The molecular formula is C20H21BrN4O3S. The molecule has 1 N–H and O–H groups in total. The van der Waals surface area contributed by atoms with Crippen LogP contribution in [0.2, 0.25) is 0 Å².